The molecule has 4 heteroatoms. The molecule has 1 aliphatic rings. The zero-order valence-electron chi connectivity index (χ0n) is 33.6. The van der Waals surface area contributed by atoms with Crippen molar-refractivity contribution in [3.8, 4) is 67.5 Å². The molecular weight excluding hydrogens is 755 g/mol. The van der Waals surface area contributed by atoms with E-state index in [1.54, 1.807) is 0 Å². The second-order valence-electron chi connectivity index (χ2n) is 15.9. The van der Waals surface area contributed by atoms with Gasteiger partial charge in [-0.3, -0.25) is 0 Å². The van der Waals surface area contributed by atoms with Crippen molar-refractivity contribution in [1.29, 1.82) is 0 Å². The van der Waals surface area contributed by atoms with Gasteiger partial charge in [0.05, 0.1) is 5.41 Å². The number of hydrogen-bond acceptors (Lipinski definition) is 4. The van der Waals surface area contributed by atoms with E-state index in [-0.39, 0.29) is 0 Å². The van der Waals surface area contributed by atoms with E-state index >= 15 is 0 Å². The molecule has 2 heterocycles. The van der Waals surface area contributed by atoms with Crippen molar-refractivity contribution in [1.82, 2.24) is 15.0 Å². The fourth-order valence-electron chi connectivity index (χ4n) is 9.70. The van der Waals surface area contributed by atoms with E-state index in [2.05, 4.69) is 152 Å². The Morgan fingerprint density at radius 1 is 0.323 bits per heavy atom. The first-order chi connectivity index (χ1) is 30.7. The molecule has 0 amide bonds. The number of furan rings is 1. The van der Waals surface area contributed by atoms with E-state index < -0.39 is 5.41 Å². The highest BCUT2D eigenvalue weighted by Crippen LogP contribution is 2.58. The molecule has 11 aromatic rings. The molecule has 0 atom stereocenters. The number of benzene rings is 9. The molecule has 0 spiro atoms. The molecule has 0 saturated heterocycles. The second-order valence-corrected chi connectivity index (χ2v) is 15.9. The molecule has 62 heavy (non-hydrogen) atoms. The summed E-state index contributed by atoms with van der Waals surface area (Å²) in [7, 11) is 0. The number of fused-ring (bicyclic) bond motifs is 6. The van der Waals surface area contributed by atoms with E-state index in [1.165, 1.54) is 44.5 Å². The Morgan fingerprint density at radius 2 is 0.823 bits per heavy atom. The van der Waals surface area contributed by atoms with Crippen molar-refractivity contribution < 1.29 is 4.42 Å². The van der Waals surface area contributed by atoms with Crippen LogP contribution in [0, 0.1) is 0 Å². The highest BCUT2D eigenvalue weighted by atomic mass is 16.3. The Hall–Kier alpha value is -8.21. The lowest BCUT2D eigenvalue weighted by Crippen LogP contribution is -2.28. The average molecular weight is 792 g/mol. The highest BCUT2D eigenvalue weighted by molar-refractivity contribution is 6.13. The maximum absolute atomic E-state index is 6.49. The van der Waals surface area contributed by atoms with Crippen LogP contribution in [0.1, 0.15) is 22.3 Å². The molecule has 0 radical (unpaired) electrons. The standard InChI is InChI=1S/C58H37N3O/c1-5-17-40(18-6-1)55-59-56(41-19-7-2-8-20-41)61-57(60-55)47-27-16-30-52-54(47)48-37-42(35-36-51(48)62-52)38-31-33-39(34-32-38)45-26-15-29-50-53(45)46-25-13-14-28-49(46)58(50,43-21-9-3-10-22-43)44-23-11-4-12-24-44/h1-37H. The molecule has 0 N–H and O–H groups in total. The molecule has 0 unspecified atom stereocenters. The summed E-state index contributed by atoms with van der Waals surface area (Å²) < 4.78 is 6.49. The van der Waals surface area contributed by atoms with Crippen molar-refractivity contribution in [3.63, 3.8) is 0 Å². The molecule has 0 fully saturated rings. The SMILES string of the molecule is c1ccc(-c2nc(-c3ccccc3)nc(-c3cccc4oc5ccc(-c6ccc(-c7cccc8c7-c7ccccc7C8(c7ccccc7)c7ccccc7)cc6)cc5c34)n2)cc1. The molecule has 0 saturated carbocycles. The zero-order chi connectivity index (χ0) is 41.0. The van der Waals surface area contributed by atoms with Crippen LogP contribution in [0.5, 0.6) is 0 Å². The lowest BCUT2D eigenvalue weighted by molar-refractivity contribution is 0.669. The summed E-state index contributed by atoms with van der Waals surface area (Å²) >= 11 is 0. The fourth-order valence-corrected chi connectivity index (χ4v) is 9.70. The minimum absolute atomic E-state index is 0.445. The normalized spacial score (nSPS) is 12.6. The lowest BCUT2D eigenvalue weighted by Gasteiger charge is -2.34. The average Bonchev–Trinajstić information content (AvgIpc) is 3.89. The molecule has 290 valence electrons. The Labute approximate surface area is 359 Å². The maximum Gasteiger partial charge on any atom is 0.164 e. The molecule has 1 aliphatic carbocycles. The van der Waals surface area contributed by atoms with E-state index in [9.17, 15) is 0 Å². The van der Waals surface area contributed by atoms with Crippen LogP contribution < -0.4 is 0 Å². The number of nitrogens with zero attached hydrogens (tertiary/aromatic N) is 3. The van der Waals surface area contributed by atoms with Gasteiger partial charge in [0.15, 0.2) is 17.5 Å². The molecule has 9 aromatic carbocycles. The van der Waals surface area contributed by atoms with Gasteiger partial charge in [-0.1, -0.05) is 206 Å². The van der Waals surface area contributed by atoms with Crippen molar-refractivity contribution >= 4 is 21.9 Å². The van der Waals surface area contributed by atoms with Crippen LogP contribution in [0.2, 0.25) is 0 Å². The minimum Gasteiger partial charge on any atom is -0.456 e. The Morgan fingerprint density at radius 3 is 1.48 bits per heavy atom. The lowest BCUT2D eigenvalue weighted by atomic mass is 9.67. The van der Waals surface area contributed by atoms with Crippen LogP contribution in [0.3, 0.4) is 0 Å². The summed E-state index contributed by atoms with van der Waals surface area (Å²) in [5.41, 5.74) is 16.2. The van der Waals surface area contributed by atoms with Crippen molar-refractivity contribution in [3.05, 3.63) is 247 Å². The van der Waals surface area contributed by atoms with E-state index in [0.717, 1.165) is 49.8 Å². The second kappa shape index (κ2) is 14.5. The van der Waals surface area contributed by atoms with Crippen LogP contribution >= 0.6 is 0 Å². The van der Waals surface area contributed by atoms with Crippen LogP contribution in [0.15, 0.2) is 229 Å². The minimum atomic E-state index is -0.445. The number of aromatic nitrogens is 3. The molecule has 0 aliphatic heterocycles. The van der Waals surface area contributed by atoms with Gasteiger partial charge in [-0.05, 0) is 73.8 Å². The van der Waals surface area contributed by atoms with Gasteiger partial charge < -0.3 is 4.42 Å². The highest BCUT2D eigenvalue weighted by Gasteiger charge is 2.46. The molecule has 0 bridgehead atoms. The van der Waals surface area contributed by atoms with E-state index in [0.29, 0.717) is 17.5 Å². The third kappa shape index (κ3) is 5.65. The number of rotatable bonds is 7. The monoisotopic (exact) mass is 791 g/mol. The summed E-state index contributed by atoms with van der Waals surface area (Å²) in [6.07, 6.45) is 0. The Kier molecular flexibility index (Phi) is 8.36. The zero-order valence-corrected chi connectivity index (χ0v) is 33.6. The van der Waals surface area contributed by atoms with Crippen LogP contribution in [-0.2, 0) is 5.41 Å². The van der Waals surface area contributed by atoms with Crippen molar-refractivity contribution in [2.45, 2.75) is 5.41 Å². The maximum atomic E-state index is 6.49. The first-order valence-electron chi connectivity index (χ1n) is 21.0. The van der Waals surface area contributed by atoms with Gasteiger partial charge in [-0.2, -0.15) is 0 Å². The van der Waals surface area contributed by atoms with Gasteiger partial charge in [0.2, 0.25) is 0 Å². The van der Waals surface area contributed by atoms with Gasteiger partial charge in [0.25, 0.3) is 0 Å². The van der Waals surface area contributed by atoms with Gasteiger partial charge in [-0.15, -0.1) is 0 Å². The third-order valence-electron chi connectivity index (χ3n) is 12.4. The van der Waals surface area contributed by atoms with E-state index in [1.807, 2.05) is 72.8 Å². The Bertz CT molecular complexity index is 3340. The topological polar surface area (TPSA) is 51.8 Å². The third-order valence-corrected chi connectivity index (χ3v) is 12.4. The summed E-state index contributed by atoms with van der Waals surface area (Å²) in [6, 6.07) is 79.5. The first-order valence-corrected chi connectivity index (χ1v) is 21.0. The quantitative estimate of drug-likeness (QED) is 0.161. The summed E-state index contributed by atoms with van der Waals surface area (Å²) in [5.74, 6) is 1.85. The molecule has 2 aromatic heterocycles. The first kappa shape index (κ1) is 35.7. The fraction of sp³-hybridized carbons (Fsp3) is 0.0172. The molecular formula is C58H37N3O. The van der Waals surface area contributed by atoms with Crippen molar-refractivity contribution in [2.75, 3.05) is 0 Å². The summed E-state index contributed by atoms with van der Waals surface area (Å²) in [6.45, 7) is 0. The van der Waals surface area contributed by atoms with Crippen LogP contribution in [-0.4, -0.2) is 15.0 Å². The van der Waals surface area contributed by atoms with Gasteiger partial charge in [-0.25, -0.2) is 15.0 Å². The molecule has 12 rings (SSSR count). The van der Waals surface area contributed by atoms with E-state index in [4.69, 9.17) is 19.4 Å². The molecule has 4 nitrogen and oxygen atoms in total. The smallest absolute Gasteiger partial charge is 0.164 e. The van der Waals surface area contributed by atoms with Crippen LogP contribution in [0.25, 0.3) is 89.5 Å². The predicted octanol–water partition coefficient (Wildman–Crippen LogP) is 14.5. The van der Waals surface area contributed by atoms with Gasteiger partial charge >= 0.3 is 0 Å². The van der Waals surface area contributed by atoms with Gasteiger partial charge in [0, 0.05) is 27.5 Å². The van der Waals surface area contributed by atoms with Crippen LogP contribution in [0.4, 0.5) is 0 Å². The van der Waals surface area contributed by atoms with Gasteiger partial charge in [0.1, 0.15) is 11.2 Å². The number of hydrogen-bond donors (Lipinski definition) is 0. The Balaban J connectivity index is 0.974. The van der Waals surface area contributed by atoms with Crippen molar-refractivity contribution in [2.24, 2.45) is 0 Å². The summed E-state index contributed by atoms with van der Waals surface area (Å²) in [5, 5.41) is 1.99. The summed E-state index contributed by atoms with van der Waals surface area (Å²) in [4.78, 5) is 15.1. The largest absolute Gasteiger partial charge is 0.456 e. The predicted molar refractivity (Wildman–Crippen MR) is 252 cm³/mol.